The Morgan fingerprint density at radius 1 is 1.11 bits per heavy atom. The van der Waals surface area contributed by atoms with Gasteiger partial charge in [0.25, 0.3) is 0 Å². The summed E-state index contributed by atoms with van der Waals surface area (Å²) in [6.45, 7) is 6.30. The van der Waals surface area contributed by atoms with E-state index in [1.165, 1.54) is 11.1 Å². The van der Waals surface area contributed by atoms with Gasteiger partial charge in [0.2, 0.25) is 0 Å². The third-order valence-electron chi connectivity index (χ3n) is 2.85. The summed E-state index contributed by atoms with van der Waals surface area (Å²) in [5.74, 6) is 0.723. The largest absolute Gasteiger partial charge is 0.232 e. The van der Waals surface area contributed by atoms with Gasteiger partial charge in [-0.05, 0) is 55.0 Å². The first-order valence-electron chi connectivity index (χ1n) is 6.32. The minimum Gasteiger partial charge on any atom is -0.232 e. The topological polar surface area (TPSA) is 25.8 Å². The summed E-state index contributed by atoms with van der Waals surface area (Å²) >= 11 is 8.45. The number of hydrogen-bond donors (Lipinski definition) is 0. The van der Waals surface area contributed by atoms with E-state index in [1.54, 1.807) is 0 Å². The fourth-order valence-corrected chi connectivity index (χ4v) is 2.80. The average molecular weight is 387 g/mol. The van der Waals surface area contributed by atoms with Crippen molar-refractivity contribution in [1.29, 1.82) is 0 Å². The highest BCUT2D eigenvalue weighted by atomic mass is 127. The maximum atomic E-state index is 6.23. The molecule has 1 aromatic heterocycles. The van der Waals surface area contributed by atoms with Gasteiger partial charge < -0.3 is 0 Å². The van der Waals surface area contributed by atoms with Crippen LogP contribution in [0.4, 0.5) is 0 Å². The molecule has 1 heterocycles. The monoisotopic (exact) mass is 386 g/mol. The van der Waals surface area contributed by atoms with Crippen molar-refractivity contribution < 1.29 is 0 Å². The van der Waals surface area contributed by atoms with Crippen LogP contribution in [0.2, 0.25) is 5.15 Å². The Labute approximate surface area is 132 Å². The molecule has 0 amide bonds. The molecule has 0 aliphatic carbocycles. The average Bonchev–Trinajstić information content (AvgIpc) is 2.33. The normalized spacial score (nSPS) is 10.8. The van der Waals surface area contributed by atoms with E-state index in [0.29, 0.717) is 5.15 Å². The van der Waals surface area contributed by atoms with E-state index in [0.717, 1.165) is 33.5 Å². The first-order valence-corrected chi connectivity index (χ1v) is 7.77. The fourth-order valence-electron chi connectivity index (χ4n) is 2.10. The zero-order valence-electron chi connectivity index (χ0n) is 11.3. The summed E-state index contributed by atoms with van der Waals surface area (Å²) in [6, 6.07) is 6.34. The van der Waals surface area contributed by atoms with Gasteiger partial charge in [0.1, 0.15) is 5.15 Å². The van der Waals surface area contributed by atoms with Gasteiger partial charge in [0.15, 0.2) is 5.82 Å². The molecule has 0 aliphatic heterocycles. The van der Waals surface area contributed by atoms with Crippen LogP contribution in [-0.2, 0) is 6.42 Å². The number of aryl methyl sites for hydroxylation is 3. The number of rotatable bonds is 3. The molecule has 0 atom stereocenters. The molecule has 0 fully saturated rings. The predicted molar refractivity (Wildman–Crippen MR) is 88.7 cm³/mol. The Morgan fingerprint density at radius 2 is 1.74 bits per heavy atom. The lowest BCUT2D eigenvalue weighted by Crippen LogP contribution is -2.01. The van der Waals surface area contributed by atoms with Crippen LogP contribution < -0.4 is 0 Å². The number of aromatic nitrogens is 2. The maximum absolute atomic E-state index is 6.23. The van der Waals surface area contributed by atoms with Gasteiger partial charge >= 0.3 is 0 Å². The van der Waals surface area contributed by atoms with Crippen LogP contribution in [0.15, 0.2) is 18.2 Å². The molecular formula is C15H16ClIN2. The molecule has 0 spiro atoms. The lowest BCUT2D eigenvalue weighted by Gasteiger charge is -2.09. The fraction of sp³-hybridized carbons (Fsp3) is 0.333. The van der Waals surface area contributed by atoms with Crippen LogP contribution in [0.5, 0.6) is 0 Å². The highest BCUT2D eigenvalue weighted by Gasteiger charge is 2.12. The number of hydrogen-bond acceptors (Lipinski definition) is 2. The number of halogens is 2. The second kappa shape index (κ2) is 6.18. The molecule has 0 unspecified atom stereocenters. The van der Waals surface area contributed by atoms with Crippen molar-refractivity contribution in [3.8, 4) is 11.4 Å². The Bertz CT molecular complexity index is 591. The lowest BCUT2D eigenvalue weighted by atomic mass is 10.1. The van der Waals surface area contributed by atoms with Gasteiger partial charge in [-0.2, -0.15) is 0 Å². The molecule has 19 heavy (non-hydrogen) atoms. The SMILES string of the molecule is CCCc1nc(-c2cc(C)cc(C)c2)nc(Cl)c1I. The molecule has 0 saturated heterocycles. The van der Waals surface area contributed by atoms with Crippen molar-refractivity contribution in [2.24, 2.45) is 0 Å². The van der Waals surface area contributed by atoms with E-state index in [4.69, 9.17) is 11.6 Å². The molecule has 0 saturated carbocycles. The minimum absolute atomic E-state index is 0.549. The quantitative estimate of drug-likeness (QED) is 0.550. The number of benzene rings is 1. The molecule has 1 aromatic carbocycles. The molecule has 2 rings (SSSR count). The Morgan fingerprint density at radius 3 is 2.32 bits per heavy atom. The van der Waals surface area contributed by atoms with Crippen LogP contribution in [0.25, 0.3) is 11.4 Å². The zero-order chi connectivity index (χ0) is 14.0. The van der Waals surface area contributed by atoms with Crippen molar-refractivity contribution in [2.75, 3.05) is 0 Å². The van der Waals surface area contributed by atoms with E-state index in [-0.39, 0.29) is 0 Å². The van der Waals surface area contributed by atoms with E-state index in [1.807, 2.05) is 0 Å². The molecule has 2 nitrogen and oxygen atoms in total. The van der Waals surface area contributed by atoms with Gasteiger partial charge in [-0.1, -0.05) is 42.1 Å². The molecule has 4 heteroatoms. The standard InChI is InChI=1S/C15H16ClIN2/c1-4-5-12-13(17)14(16)19-15(18-12)11-7-9(2)6-10(3)8-11/h6-8H,4-5H2,1-3H3. The van der Waals surface area contributed by atoms with Crippen LogP contribution in [0, 0.1) is 17.4 Å². The van der Waals surface area contributed by atoms with Gasteiger partial charge in [0.05, 0.1) is 9.26 Å². The molecule has 0 bridgehead atoms. The highest BCUT2D eigenvalue weighted by Crippen LogP contribution is 2.25. The van der Waals surface area contributed by atoms with Crippen molar-refractivity contribution in [3.63, 3.8) is 0 Å². The van der Waals surface area contributed by atoms with Crippen molar-refractivity contribution in [2.45, 2.75) is 33.6 Å². The van der Waals surface area contributed by atoms with Gasteiger partial charge in [-0.15, -0.1) is 0 Å². The van der Waals surface area contributed by atoms with Gasteiger partial charge in [0, 0.05) is 5.56 Å². The molecule has 100 valence electrons. The van der Waals surface area contributed by atoms with Gasteiger partial charge in [-0.3, -0.25) is 0 Å². The summed E-state index contributed by atoms with van der Waals surface area (Å²) in [5, 5.41) is 0.549. The third-order valence-corrected chi connectivity index (χ3v) is 4.57. The van der Waals surface area contributed by atoms with Crippen LogP contribution in [-0.4, -0.2) is 9.97 Å². The van der Waals surface area contributed by atoms with E-state index >= 15 is 0 Å². The number of nitrogens with zero attached hydrogens (tertiary/aromatic N) is 2. The lowest BCUT2D eigenvalue weighted by molar-refractivity contribution is 0.867. The second-order valence-corrected chi connectivity index (χ2v) is 6.16. The van der Waals surface area contributed by atoms with Gasteiger partial charge in [-0.25, -0.2) is 9.97 Å². The summed E-state index contributed by atoms with van der Waals surface area (Å²) in [5.41, 5.74) is 4.50. The maximum Gasteiger partial charge on any atom is 0.161 e. The molecule has 0 N–H and O–H groups in total. The third kappa shape index (κ3) is 3.45. The Balaban J connectivity index is 2.55. The van der Waals surface area contributed by atoms with Crippen LogP contribution in [0.3, 0.4) is 0 Å². The first kappa shape index (κ1) is 14.7. The van der Waals surface area contributed by atoms with Crippen LogP contribution >= 0.6 is 34.2 Å². The molecule has 0 radical (unpaired) electrons. The Hall–Kier alpha value is -0.680. The van der Waals surface area contributed by atoms with E-state index < -0.39 is 0 Å². The predicted octanol–water partition coefficient (Wildman–Crippen LogP) is 4.97. The van der Waals surface area contributed by atoms with E-state index in [9.17, 15) is 0 Å². The summed E-state index contributed by atoms with van der Waals surface area (Å²) in [7, 11) is 0. The molecule has 2 aromatic rings. The Kier molecular flexibility index (Phi) is 4.79. The molecule has 0 aliphatic rings. The highest BCUT2D eigenvalue weighted by molar-refractivity contribution is 14.1. The van der Waals surface area contributed by atoms with Crippen molar-refractivity contribution in [3.05, 3.63) is 43.7 Å². The summed E-state index contributed by atoms with van der Waals surface area (Å²) in [6.07, 6.45) is 1.98. The minimum atomic E-state index is 0.549. The van der Waals surface area contributed by atoms with Crippen molar-refractivity contribution in [1.82, 2.24) is 9.97 Å². The van der Waals surface area contributed by atoms with E-state index in [2.05, 4.69) is 71.5 Å². The van der Waals surface area contributed by atoms with Crippen LogP contribution in [0.1, 0.15) is 30.2 Å². The summed E-state index contributed by atoms with van der Waals surface area (Å²) < 4.78 is 0.967. The summed E-state index contributed by atoms with van der Waals surface area (Å²) in [4.78, 5) is 9.09. The smallest absolute Gasteiger partial charge is 0.161 e. The first-order chi connectivity index (χ1) is 9.01. The molecular weight excluding hydrogens is 371 g/mol. The zero-order valence-corrected chi connectivity index (χ0v) is 14.2. The second-order valence-electron chi connectivity index (χ2n) is 4.73. The van der Waals surface area contributed by atoms with Crippen molar-refractivity contribution >= 4 is 34.2 Å².